The van der Waals surface area contributed by atoms with Gasteiger partial charge in [0.25, 0.3) is 0 Å². The molecule has 0 aliphatic heterocycles. The summed E-state index contributed by atoms with van der Waals surface area (Å²) in [6.45, 7) is 0. The average Bonchev–Trinajstić information content (AvgIpc) is 2.55. The Labute approximate surface area is 72.0 Å². The number of ketones is 1. The molecule has 0 bridgehead atoms. The van der Waals surface area contributed by atoms with Crippen molar-refractivity contribution in [1.29, 1.82) is 0 Å². The lowest BCUT2D eigenvalue weighted by Crippen LogP contribution is -2.48. The highest BCUT2D eigenvalue weighted by atomic mass is 16.3. The third-order valence-corrected chi connectivity index (χ3v) is 4.44. The molecule has 1 N–H and O–H groups in total. The molecule has 3 fully saturated rings. The van der Waals surface area contributed by atoms with Gasteiger partial charge in [0.2, 0.25) is 0 Å². The Morgan fingerprint density at radius 2 is 2.33 bits per heavy atom. The molecule has 0 saturated heterocycles. The van der Waals surface area contributed by atoms with Gasteiger partial charge < -0.3 is 5.11 Å². The van der Waals surface area contributed by atoms with Crippen molar-refractivity contribution in [1.82, 2.24) is 0 Å². The fraction of sp³-hybridized carbons (Fsp3) is 0.900. The van der Waals surface area contributed by atoms with E-state index in [1.807, 2.05) is 0 Å². The highest BCUT2D eigenvalue weighted by molar-refractivity contribution is 5.92. The van der Waals surface area contributed by atoms with Gasteiger partial charge in [0.15, 0.2) is 0 Å². The van der Waals surface area contributed by atoms with E-state index in [1.165, 1.54) is 0 Å². The molecule has 66 valence electrons. The van der Waals surface area contributed by atoms with Crippen LogP contribution in [0.5, 0.6) is 0 Å². The summed E-state index contributed by atoms with van der Waals surface area (Å²) in [5, 5.41) is 9.74. The van der Waals surface area contributed by atoms with Crippen molar-refractivity contribution >= 4 is 5.78 Å². The van der Waals surface area contributed by atoms with E-state index >= 15 is 0 Å². The number of rotatable bonds is 0. The molecule has 0 aromatic heterocycles. The number of Topliss-reactive ketones (excluding diaryl/α,β-unsaturated/α-hetero) is 1. The molecule has 0 aromatic carbocycles. The number of carbonyl (C=O) groups is 1. The molecule has 3 aliphatic carbocycles. The maximum atomic E-state index is 11.5. The summed E-state index contributed by atoms with van der Waals surface area (Å²) in [5.41, 5.74) is -0.0145. The van der Waals surface area contributed by atoms with Crippen LogP contribution in [0.4, 0.5) is 0 Å². The van der Waals surface area contributed by atoms with Gasteiger partial charge in [-0.05, 0) is 31.1 Å². The van der Waals surface area contributed by atoms with Gasteiger partial charge >= 0.3 is 0 Å². The minimum absolute atomic E-state index is 0.0145. The lowest BCUT2D eigenvalue weighted by Gasteiger charge is -2.43. The first-order valence-corrected chi connectivity index (χ1v) is 4.96. The molecule has 3 saturated carbocycles. The van der Waals surface area contributed by atoms with Crippen LogP contribution in [-0.4, -0.2) is 17.0 Å². The van der Waals surface area contributed by atoms with Gasteiger partial charge in [-0.3, -0.25) is 4.79 Å². The SMILES string of the molecule is O=C1CC2CC(O)C3CCCC123. The summed E-state index contributed by atoms with van der Waals surface area (Å²) in [6, 6.07) is 0. The van der Waals surface area contributed by atoms with Crippen molar-refractivity contribution in [2.24, 2.45) is 17.3 Å². The zero-order chi connectivity index (χ0) is 8.34. The van der Waals surface area contributed by atoms with Gasteiger partial charge in [0, 0.05) is 11.8 Å². The first-order valence-electron chi connectivity index (χ1n) is 4.96. The highest BCUT2D eigenvalue weighted by Crippen LogP contribution is 2.65. The Balaban J connectivity index is 2.03. The number of carbonyl (C=O) groups excluding carboxylic acids is 1. The Kier molecular flexibility index (Phi) is 1.13. The molecule has 1 spiro atoms. The Morgan fingerprint density at radius 3 is 3.00 bits per heavy atom. The van der Waals surface area contributed by atoms with Gasteiger partial charge in [-0.25, -0.2) is 0 Å². The molecule has 3 rings (SSSR count). The van der Waals surface area contributed by atoms with E-state index in [1.54, 1.807) is 0 Å². The number of aliphatic hydroxyl groups is 1. The van der Waals surface area contributed by atoms with E-state index in [0.29, 0.717) is 17.6 Å². The van der Waals surface area contributed by atoms with Crippen molar-refractivity contribution in [3.05, 3.63) is 0 Å². The molecule has 0 amide bonds. The Hall–Kier alpha value is -0.370. The van der Waals surface area contributed by atoms with Gasteiger partial charge in [-0.1, -0.05) is 6.42 Å². The summed E-state index contributed by atoms with van der Waals surface area (Å²) in [5.74, 6) is 1.34. The van der Waals surface area contributed by atoms with E-state index in [0.717, 1.165) is 32.1 Å². The average molecular weight is 166 g/mol. The van der Waals surface area contributed by atoms with E-state index in [2.05, 4.69) is 0 Å². The zero-order valence-electron chi connectivity index (χ0n) is 7.12. The zero-order valence-corrected chi connectivity index (χ0v) is 7.12. The van der Waals surface area contributed by atoms with Gasteiger partial charge in [0.05, 0.1) is 6.10 Å². The standard InChI is InChI=1S/C10H14O2/c11-8-4-6-5-9(12)10(6)3-1-2-7(8)10/h6-8,11H,1-5H2. The predicted molar refractivity (Wildman–Crippen MR) is 43.5 cm³/mol. The second kappa shape index (κ2) is 1.92. The van der Waals surface area contributed by atoms with Crippen LogP contribution in [-0.2, 0) is 4.79 Å². The summed E-state index contributed by atoms with van der Waals surface area (Å²) in [6.07, 6.45) is 4.80. The summed E-state index contributed by atoms with van der Waals surface area (Å²) in [4.78, 5) is 11.5. The maximum Gasteiger partial charge on any atom is 0.140 e. The summed E-state index contributed by atoms with van der Waals surface area (Å²) < 4.78 is 0. The smallest absolute Gasteiger partial charge is 0.140 e. The van der Waals surface area contributed by atoms with Crippen molar-refractivity contribution in [3.8, 4) is 0 Å². The molecule has 2 nitrogen and oxygen atoms in total. The lowest BCUT2D eigenvalue weighted by atomic mass is 9.58. The van der Waals surface area contributed by atoms with Crippen LogP contribution in [0.2, 0.25) is 0 Å². The summed E-state index contributed by atoms with van der Waals surface area (Å²) in [7, 11) is 0. The maximum absolute atomic E-state index is 11.5. The van der Waals surface area contributed by atoms with Crippen LogP contribution in [0.25, 0.3) is 0 Å². The normalized spacial score (nSPS) is 56.4. The topological polar surface area (TPSA) is 37.3 Å². The predicted octanol–water partition coefficient (Wildman–Crippen LogP) is 1.13. The first kappa shape index (κ1) is 7.07. The molecule has 0 heterocycles. The van der Waals surface area contributed by atoms with Crippen molar-refractivity contribution in [3.63, 3.8) is 0 Å². The molecular formula is C10H14O2. The number of aliphatic hydroxyl groups excluding tert-OH is 1. The van der Waals surface area contributed by atoms with Gasteiger partial charge in [0.1, 0.15) is 5.78 Å². The third kappa shape index (κ3) is 0.535. The number of hydrogen-bond acceptors (Lipinski definition) is 2. The second-order valence-electron chi connectivity index (χ2n) is 4.67. The molecular weight excluding hydrogens is 152 g/mol. The van der Waals surface area contributed by atoms with Crippen LogP contribution in [0.3, 0.4) is 0 Å². The van der Waals surface area contributed by atoms with Crippen LogP contribution < -0.4 is 0 Å². The highest BCUT2D eigenvalue weighted by Gasteiger charge is 2.66. The lowest BCUT2D eigenvalue weighted by molar-refractivity contribution is -0.145. The molecule has 3 aliphatic rings. The van der Waals surface area contributed by atoms with E-state index in [9.17, 15) is 9.90 Å². The summed E-state index contributed by atoms with van der Waals surface area (Å²) >= 11 is 0. The molecule has 12 heavy (non-hydrogen) atoms. The molecule has 4 atom stereocenters. The fourth-order valence-corrected chi connectivity index (χ4v) is 3.89. The van der Waals surface area contributed by atoms with Gasteiger partial charge in [-0.2, -0.15) is 0 Å². The third-order valence-electron chi connectivity index (χ3n) is 4.44. The Bertz CT molecular complexity index is 248. The first-order chi connectivity index (χ1) is 5.75. The minimum atomic E-state index is -0.163. The number of hydrogen-bond donors (Lipinski definition) is 1. The van der Waals surface area contributed by atoms with Crippen molar-refractivity contribution in [2.45, 2.75) is 38.2 Å². The quantitative estimate of drug-likeness (QED) is 0.585. The molecule has 0 aromatic rings. The van der Waals surface area contributed by atoms with E-state index < -0.39 is 0 Å². The van der Waals surface area contributed by atoms with Crippen LogP contribution in [0, 0.1) is 17.3 Å². The van der Waals surface area contributed by atoms with Crippen LogP contribution >= 0.6 is 0 Å². The molecule has 4 unspecified atom stereocenters. The van der Waals surface area contributed by atoms with Crippen molar-refractivity contribution < 1.29 is 9.90 Å². The second-order valence-corrected chi connectivity index (χ2v) is 4.67. The van der Waals surface area contributed by atoms with Crippen LogP contribution in [0.1, 0.15) is 32.1 Å². The Morgan fingerprint density at radius 1 is 1.50 bits per heavy atom. The van der Waals surface area contributed by atoms with E-state index in [4.69, 9.17) is 0 Å². The van der Waals surface area contributed by atoms with Gasteiger partial charge in [-0.15, -0.1) is 0 Å². The fourth-order valence-electron chi connectivity index (χ4n) is 3.89. The minimum Gasteiger partial charge on any atom is -0.393 e. The molecule has 0 radical (unpaired) electrons. The molecule has 2 heteroatoms. The van der Waals surface area contributed by atoms with Crippen molar-refractivity contribution in [2.75, 3.05) is 0 Å². The van der Waals surface area contributed by atoms with Crippen LogP contribution in [0.15, 0.2) is 0 Å². The van der Waals surface area contributed by atoms with E-state index in [-0.39, 0.29) is 11.5 Å². The monoisotopic (exact) mass is 166 g/mol. The largest absolute Gasteiger partial charge is 0.393 e.